The fourth-order valence-corrected chi connectivity index (χ4v) is 5.89. The summed E-state index contributed by atoms with van der Waals surface area (Å²) in [7, 11) is 2.13. The number of fused-ring (bicyclic) bond motifs is 3. The van der Waals surface area contributed by atoms with Gasteiger partial charge in [0.25, 0.3) is 0 Å². The third-order valence-corrected chi connectivity index (χ3v) is 8.93. The summed E-state index contributed by atoms with van der Waals surface area (Å²) in [5.74, 6) is -1.12. The molecule has 2 fully saturated rings. The predicted molar refractivity (Wildman–Crippen MR) is 176 cm³/mol. The van der Waals surface area contributed by atoms with Crippen molar-refractivity contribution in [2.24, 2.45) is 5.41 Å². The van der Waals surface area contributed by atoms with Crippen LogP contribution in [0.4, 0.5) is 20.2 Å². The highest BCUT2D eigenvalue weighted by molar-refractivity contribution is 6.16. The molecule has 3 heterocycles. The number of ether oxygens (including phenoxy) is 4. The molecule has 0 atom stereocenters. The molecule has 0 spiro atoms. The van der Waals surface area contributed by atoms with Crippen molar-refractivity contribution in [2.75, 3.05) is 70.2 Å². The Hall–Kier alpha value is -5.08. The Labute approximate surface area is 281 Å². The molecule has 256 valence electrons. The Morgan fingerprint density at radius 2 is 1.57 bits per heavy atom. The highest BCUT2D eigenvalue weighted by atomic mass is 19.1. The summed E-state index contributed by atoms with van der Waals surface area (Å²) in [4.78, 5) is 39.4. The van der Waals surface area contributed by atoms with Crippen molar-refractivity contribution in [2.45, 2.75) is 19.3 Å². The fraction of sp³-hybridized carbons (Fsp3) is 0.371. The van der Waals surface area contributed by atoms with Crippen LogP contribution < -0.4 is 29.6 Å². The molecule has 0 bridgehead atoms. The zero-order chi connectivity index (χ0) is 34.0. The first-order chi connectivity index (χ1) is 23.8. The zero-order valence-corrected chi connectivity index (χ0v) is 27.0. The number of piperazine rings is 1. The molecule has 7 rings (SSSR count). The van der Waals surface area contributed by atoms with Crippen LogP contribution in [0.2, 0.25) is 0 Å². The maximum Gasteiger partial charge on any atom is 0.240 e. The van der Waals surface area contributed by atoms with E-state index in [4.69, 9.17) is 18.9 Å². The molecule has 49 heavy (non-hydrogen) atoms. The van der Waals surface area contributed by atoms with E-state index in [-0.39, 0.29) is 23.9 Å². The molecule has 4 aromatic rings. The number of likely N-dealkylation sites (N-methyl/N-ethyl adjacent to an activating group) is 1. The van der Waals surface area contributed by atoms with Gasteiger partial charge in [-0.05, 0) is 62.7 Å². The second-order valence-electron chi connectivity index (χ2n) is 12.4. The number of halogens is 2. The normalized spacial score (nSPS) is 17.0. The lowest BCUT2D eigenvalue weighted by molar-refractivity contribution is -0.131. The van der Waals surface area contributed by atoms with E-state index in [1.165, 1.54) is 42.7 Å². The monoisotopic (exact) mass is 674 g/mol. The molecule has 0 radical (unpaired) electrons. The summed E-state index contributed by atoms with van der Waals surface area (Å²) in [6.07, 6.45) is 2.81. The molecule has 2 amide bonds. The number of anilines is 2. The minimum absolute atomic E-state index is 0.0541. The van der Waals surface area contributed by atoms with E-state index < -0.39 is 28.9 Å². The van der Waals surface area contributed by atoms with Gasteiger partial charge in [-0.1, -0.05) is 0 Å². The molecule has 1 aromatic heterocycles. The number of carbonyl (C=O) groups excluding carboxylic acids is 2. The van der Waals surface area contributed by atoms with Crippen LogP contribution in [-0.2, 0) is 9.59 Å². The second kappa shape index (κ2) is 13.8. The largest absolute Gasteiger partial charge is 0.489 e. The summed E-state index contributed by atoms with van der Waals surface area (Å²) in [5.41, 5.74) is -0.309. The molecule has 14 heteroatoms. The Balaban J connectivity index is 1.03. The van der Waals surface area contributed by atoms with Crippen LogP contribution in [-0.4, -0.2) is 91.2 Å². The van der Waals surface area contributed by atoms with E-state index in [0.29, 0.717) is 59.9 Å². The first kappa shape index (κ1) is 32.5. The van der Waals surface area contributed by atoms with Gasteiger partial charge in [-0.2, -0.15) is 0 Å². The van der Waals surface area contributed by atoms with Gasteiger partial charge in [0, 0.05) is 56.2 Å². The second-order valence-corrected chi connectivity index (χ2v) is 12.4. The number of hydrogen-bond acceptors (Lipinski definition) is 10. The summed E-state index contributed by atoms with van der Waals surface area (Å²) in [6.45, 7) is 6.22. The lowest BCUT2D eigenvalue weighted by Gasteiger charge is -2.32. The number of rotatable bonds is 11. The number of hydrogen-bond donors (Lipinski definition) is 2. The lowest BCUT2D eigenvalue weighted by Crippen LogP contribution is -2.44. The standard InChI is InChI=1S/C35H36F2N6O6/c1-42-12-14-43(15-13-42)11-2-16-46-28-20-26-29(31-30(28)47-17-18-48-31)32(39-21-38-26)49-27-8-7-24(19-25(27)37)41-34(45)35(9-10-35)33(44)40-23-5-3-22(36)4-6-23/h3-8,19-21H,2,9-18H2,1H3,(H,40,44)(H,41,45). The number of nitrogens with zero attached hydrogens (tertiary/aromatic N) is 4. The topological polar surface area (TPSA) is 127 Å². The van der Waals surface area contributed by atoms with Crippen LogP contribution in [0.3, 0.4) is 0 Å². The Morgan fingerprint density at radius 1 is 0.878 bits per heavy atom. The van der Waals surface area contributed by atoms with Gasteiger partial charge in [-0.25, -0.2) is 18.7 Å². The maximum atomic E-state index is 15.4. The lowest BCUT2D eigenvalue weighted by atomic mass is 10.0. The molecule has 1 saturated carbocycles. The molecule has 2 aliphatic heterocycles. The van der Waals surface area contributed by atoms with E-state index in [9.17, 15) is 14.0 Å². The van der Waals surface area contributed by atoms with Crippen LogP contribution in [0.25, 0.3) is 10.9 Å². The highest BCUT2D eigenvalue weighted by Crippen LogP contribution is 2.49. The van der Waals surface area contributed by atoms with Crippen molar-refractivity contribution in [1.82, 2.24) is 19.8 Å². The first-order valence-corrected chi connectivity index (χ1v) is 16.3. The summed E-state index contributed by atoms with van der Waals surface area (Å²) < 4.78 is 52.7. The first-order valence-electron chi connectivity index (χ1n) is 16.3. The summed E-state index contributed by atoms with van der Waals surface area (Å²) in [6, 6.07) is 10.9. The van der Waals surface area contributed by atoms with Crippen molar-refractivity contribution in [1.29, 1.82) is 0 Å². The molecule has 2 N–H and O–H groups in total. The number of aromatic nitrogens is 2. The predicted octanol–water partition coefficient (Wildman–Crippen LogP) is 4.85. The average molecular weight is 675 g/mol. The van der Waals surface area contributed by atoms with Crippen molar-refractivity contribution in [3.8, 4) is 28.9 Å². The van der Waals surface area contributed by atoms with Gasteiger partial charge >= 0.3 is 0 Å². The average Bonchev–Trinajstić information content (AvgIpc) is 3.92. The third-order valence-electron chi connectivity index (χ3n) is 8.93. The van der Waals surface area contributed by atoms with Gasteiger partial charge in [-0.3, -0.25) is 9.59 Å². The molecule has 1 aliphatic carbocycles. The number of carbonyl (C=O) groups is 2. The SMILES string of the molecule is CN1CCN(CCCOc2cc3ncnc(Oc4ccc(NC(=O)C5(C(=O)Nc6ccc(F)cc6)CC5)cc4F)c3c3c2OCCO3)CC1. The van der Waals surface area contributed by atoms with E-state index in [1.807, 2.05) is 0 Å². The van der Waals surface area contributed by atoms with Gasteiger partial charge in [0.1, 0.15) is 36.2 Å². The smallest absolute Gasteiger partial charge is 0.240 e. The van der Waals surface area contributed by atoms with Crippen LogP contribution in [0.1, 0.15) is 19.3 Å². The fourth-order valence-electron chi connectivity index (χ4n) is 5.89. The van der Waals surface area contributed by atoms with Crippen LogP contribution in [0.15, 0.2) is 54.9 Å². The van der Waals surface area contributed by atoms with Crippen LogP contribution >= 0.6 is 0 Å². The van der Waals surface area contributed by atoms with Gasteiger partial charge in [0.05, 0.1) is 12.1 Å². The third kappa shape index (κ3) is 7.06. The highest BCUT2D eigenvalue weighted by Gasteiger charge is 2.56. The van der Waals surface area contributed by atoms with E-state index in [1.54, 1.807) is 6.07 Å². The van der Waals surface area contributed by atoms with E-state index >= 15 is 4.39 Å². The maximum absolute atomic E-state index is 15.4. The molecular weight excluding hydrogens is 638 g/mol. The molecule has 0 unspecified atom stereocenters. The van der Waals surface area contributed by atoms with E-state index in [0.717, 1.165) is 45.2 Å². The Bertz CT molecular complexity index is 1860. The van der Waals surface area contributed by atoms with Crippen LogP contribution in [0.5, 0.6) is 28.9 Å². The van der Waals surface area contributed by atoms with Gasteiger partial charge < -0.3 is 39.4 Å². The Morgan fingerprint density at radius 3 is 2.29 bits per heavy atom. The molecule has 3 aliphatic rings. The number of nitrogens with one attached hydrogen (secondary N) is 2. The van der Waals surface area contributed by atoms with Crippen LogP contribution in [0, 0.1) is 17.0 Å². The molecule has 12 nitrogen and oxygen atoms in total. The van der Waals surface area contributed by atoms with E-state index in [2.05, 4.69) is 37.4 Å². The minimum Gasteiger partial charge on any atom is -0.489 e. The van der Waals surface area contributed by atoms with Crippen molar-refractivity contribution < 1.29 is 37.3 Å². The van der Waals surface area contributed by atoms with Crippen molar-refractivity contribution >= 4 is 34.1 Å². The Kier molecular flexibility index (Phi) is 9.15. The van der Waals surface area contributed by atoms with Crippen molar-refractivity contribution in [3.63, 3.8) is 0 Å². The number of amides is 2. The van der Waals surface area contributed by atoms with Gasteiger partial charge in [-0.15, -0.1) is 0 Å². The van der Waals surface area contributed by atoms with Gasteiger partial charge in [0.15, 0.2) is 23.1 Å². The van der Waals surface area contributed by atoms with Gasteiger partial charge in [0.2, 0.25) is 23.4 Å². The molecular formula is C35H36F2N6O6. The number of benzene rings is 3. The molecule has 1 saturated heterocycles. The minimum atomic E-state index is -1.30. The summed E-state index contributed by atoms with van der Waals surface area (Å²) in [5, 5.41) is 5.69. The quantitative estimate of drug-likeness (QED) is 0.169. The summed E-state index contributed by atoms with van der Waals surface area (Å²) >= 11 is 0. The van der Waals surface area contributed by atoms with Crippen molar-refractivity contribution in [3.05, 3.63) is 66.5 Å². The zero-order valence-electron chi connectivity index (χ0n) is 27.0. The molecule has 3 aromatic carbocycles.